The van der Waals surface area contributed by atoms with Gasteiger partial charge in [-0.05, 0) is 5.53 Å². The Morgan fingerprint density at radius 2 is 2.20 bits per heavy atom. The van der Waals surface area contributed by atoms with Crippen LogP contribution in [0.25, 0.3) is 10.4 Å². The first-order valence-electron chi connectivity index (χ1n) is 5.26. The topological polar surface area (TPSA) is 141 Å². The van der Waals surface area contributed by atoms with Crippen molar-refractivity contribution in [1.82, 2.24) is 0 Å². The Labute approximate surface area is 128 Å². The van der Waals surface area contributed by atoms with Gasteiger partial charge in [0.15, 0.2) is 0 Å². The minimum atomic E-state index is -2.07. The number of ether oxygens (including phenoxy) is 2. The van der Waals surface area contributed by atoms with Crippen LogP contribution >= 0.6 is 34.8 Å². The summed E-state index contributed by atoms with van der Waals surface area (Å²) in [6.07, 6.45) is -4.51. The smallest absolute Gasteiger partial charge is 0.265 e. The molecule has 20 heavy (non-hydrogen) atoms. The predicted octanol–water partition coefficient (Wildman–Crippen LogP) is 1.43. The number of aliphatic hydroxyl groups is 2. The third-order valence-electron chi connectivity index (χ3n) is 2.42. The molecule has 1 fully saturated rings. The Balaban J connectivity index is 2.73. The molecule has 114 valence electrons. The van der Waals surface area contributed by atoms with Crippen molar-refractivity contribution >= 4 is 40.7 Å². The van der Waals surface area contributed by atoms with Gasteiger partial charge in [-0.15, -0.1) is 0 Å². The zero-order valence-electron chi connectivity index (χ0n) is 9.82. The molecule has 3 N–H and O–H groups in total. The van der Waals surface area contributed by atoms with Crippen LogP contribution in [0.5, 0.6) is 0 Å². The van der Waals surface area contributed by atoms with E-state index >= 15 is 0 Å². The van der Waals surface area contributed by atoms with Gasteiger partial charge >= 0.3 is 0 Å². The molecule has 1 rings (SSSR count). The van der Waals surface area contributed by atoms with E-state index in [9.17, 15) is 5.11 Å². The van der Waals surface area contributed by atoms with Crippen molar-refractivity contribution in [3.8, 4) is 0 Å². The van der Waals surface area contributed by atoms with Gasteiger partial charge in [0.25, 0.3) is 3.79 Å². The van der Waals surface area contributed by atoms with Gasteiger partial charge in [0, 0.05) is 4.91 Å². The second-order valence-electron chi connectivity index (χ2n) is 3.77. The average Bonchev–Trinajstić information content (AvgIpc) is 2.37. The number of halogens is 3. The summed E-state index contributed by atoms with van der Waals surface area (Å²) in [4.78, 5) is 7.07. The summed E-state index contributed by atoms with van der Waals surface area (Å²) < 4.78 is 8.07. The number of azide groups is 1. The van der Waals surface area contributed by atoms with Gasteiger partial charge in [-0.25, -0.2) is 0 Å². The Morgan fingerprint density at radius 1 is 1.55 bits per heavy atom. The highest BCUT2D eigenvalue weighted by Gasteiger charge is 2.41. The molecule has 0 aromatic heterocycles. The number of hydrogen-bond acceptors (Lipinski definition) is 7. The van der Waals surface area contributed by atoms with E-state index in [1.54, 1.807) is 0 Å². The van der Waals surface area contributed by atoms with Gasteiger partial charge in [0.1, 0.15) is 23.6 Å². The van der Waals surface area contributed by atoms with E-state index in [0.717, 1.165) is 0 Å². The van der Waals surface area contributed by atoms with Crippen LogP contribution in [-0.2, 0) is 14.3 Å². The SMILES string of the molecule is [N-]=[N+]=NO[C@H]1CC(OC(=N)C(Cl)(Cl)Cl)O[C@@H](CO)[C@@H]1O. The van der Waals surface area contributed by atoms with Crippen molar-refractivity contribution < 1.29 is 24.5 Å². The van der Waals surface area contributed by atoms with E-state index in [4.69, 9.17) is 65.2 Å². The maximum Gasteiger partial charge on any atom is 0.265 e. The van der Waals surface area contributed by atoms with Crippen LogP contribution in [0.15, 0.2) is 5.28 Å². The zero-order chi connectivity index (χ0) is 15.3. The maximum atomic E-state index is 9.79. The van der Waals surface area contributed by atoms with Crippen molar-refractivity contribution in [3.63, 3.8) is 0 Å². The van der Waals surface area contributed by atoms with Gasteiger partial charge in [0.05, 0.1) is 13.0 Å². The van der Waals surface area contributed by atoms with E-state index in [1.807, 2.05) is 0 Å². The highest BCUT2D eigenvalue weighted by atomic mass is 35.6. The van der Waals surface area contributed by atoms with Crippen LogP contribution in [-0.4, -0.2) is 51.1 Å². The highest BCUT2D eigenvalue weighted by molar-refractivity contribution is 6.76. The molecule has 0 saturated carbocycles. The third-order valence-corrected chi connectivity index (χ3v) is 2.93. The Hall–Kier alpha value is -0.670. The molecule has 9 nitrogen and oxygen atoms in total. The van der Waals surface area contributed by atoms with Gasteiger partial charge in [0.2, 0.25) is 12.2 Å². The van der Waals surface area contributed by atoms with Crippen molar-refractivity contribution in [2.45, 2.75) is 34.8 Å². The number of nitrogens with zero attached hydrogens (tertiary/aromatic N) is 3. The van der Waals surface area contributed by atoms with Gasteiger partial charge in [-0.3, -0.25) is 5.41 Å². The molecule has 0 radical (unpaired) electrons. The lowest BCUT2D eigenvalue weighted by molar-refractivity contribution is -0.243. The first-order valence-corrected chi connectivity index (χ1v) is 6.40. The summed E-state index contributed by atoms with van der Waals surface area (Å²) in [5.41, 5.74) is 8.18. The normalized spacial score (nSPS) is 30.2. The fourth-order valence-electron chi connectivity index (χ4n) is 1.51. The molecule has 1 aliphatic rings. The number of hydrogen-bond donors (Lipinski definition) is 3. The van der Waals surface area contributed by atoms with Crippen molar-refractivity contribution in [1.29, 1.82) is 5.41 Å². The van der Waals surface area contributed by atoms with Gasteiger partial charge in [-0.1, -0.05) is 34.8 Å². The van der Waals surface area contributed by atoms with E-state index in [0.29, 0.717) is 0 Å². The Kier molecular flexibility index (Phi) is 6.41. The van der Waals surface area contributed by atoms with Crippen LogP contribution in [0.2, 0.25) is 0 Å². The van der Waals surface area contributed by atoms with E-state index in [1.165, 1.54) is 0 Å². The highest BCUT2D eigenvalue weighted by Crippen LogP contribution is 2.31. The molecular formula is C8H11Cl3N4O5. The fourth-order valence-corrected chi connectivity index (χ4v) is 1.65. The Bertz CT molecular complexity index is 400. The van der Waals surface area contributed by atoms with Crippen LogP contribution < -0.4 is 0 Å². The average molecular weight is 350 g/mol. The lowest BCUT2D eigenvalue weighted by Crippen LogP contribution is -2.51. The molecular weight excluding hydrogens is 338 g/mol. The second kappa shape index (κ2) is 7.37. The summed E-state index contributed by atoms with van der Waals surface area (Å²) in [5, 5.41) is 29.2. The molecule has 0 aliphatic carbocycles. The summed E-state index contributed by atoms with van der Waals surface area (Å²) in [6, 6.07) is 0. The predicted molar refractivity (Wildman–Crippen MR) is 69.5 cm³/mol. The molecule has 1 heterocycles. The lowest BCUT2D eigenvalue weighted by Gasteiger charge is -2.37. The summed E-state index contributed by atoms with van der Waals surface area (Å²) in [7, 11) is 0. The third kappa shape index (κ3) is 4.71. The number of alkyl halides is 3. The zero-order valence-corrected chi connectivity index (χ0v) is 12.1. The van der Waals surface area contributed by atoms with Crippen molar-refractivity contribution in [3.05, 3.63) is 10.4 Å². The van der Waals surface area contributed by atoms with Crippen molar-refractivity contribution in [2.75, 3.05) is 6.61 Å². The van der Waals surface area contributed by atoms with Crippen LogP contribution in [0.1, 0.15) is 6.42 Å². The van der Waals surface area contributed by atoms with Crippen molar-refractivity contribution in [2.24, 2.45) is 5.28 Å². The number of rotatable bonds is 4. The molecule has 4 atom stereocenters. The Morgan fingerprint density at radius 3 is 2.70 bits per heavy atom. The first-order chi connectivity index (χ1) is 9.29. The molecule has 0 spiro atoms. The van der Waals surface area contributed by atoms with E-state index in [2.05, 4.69) is 10.2 Å². The molecule has 0 bridgehead atoms. The molecule has 1 saturated heterocycles. The molecule has 0 amide bonds. The van der Waals surface area contributed by atoms with Crippen LogP contribution in [0.4, 0.5) is 0 Å². The molecule has 0 aromatic carbocycles. The lowest BCUT2D eigenvalue weighted by atomic mass is 10.0. The van der Waals surface area contributed by atoms with Crippen LogP contribution in [0, 0.1) is 5.41 Å². The molecule has 1 unspecified atom stereocenters. The monoisotopic (exact) mass is 348 g/mol. The first kappa shape index (κ1) is 17.4. The summed E-state index contributed by atoms with van der Waals surface area (Å²) >= 11 is 16.4. The standard InChI is InChI=1S/C8H11Cl3N4O5/c9-8(10,11)7(12)19-5-1-3(20-15-14-13)6(17)4(2-16)18-5/h3-6,12,16-17H,1-2H2/t3-,4-,5?,6+/m0/s1. The quantitative estimate of drug-likeness (QED) is 0.134. The van der Waals surface area contributed by atoms with E-state index < -0.39 is 40.9 Å². The molecule has 12 heteroatoms. The van der Waals surface area contributed by atoms with Gasteiger partial charge < -0.3 is 24.5 Å². The molecule has 1 aliphatic heterocycles. The number of nitrogens with one attached hydrogen (secondary N) is 1. The maximum absolute atomic E-state index is 9.79. The minimum absolute atomic E-state index is 0.0974. The van der Waals surface area contributed by atoms with Gasteiger partial charge in [-0.2, -0.15) is 0 Å². The minimum Gasteiger partial charge on any atom is -0.448 e. The number of aliphatic hydroxyl groups excluding tert-OH is 2. The summed E-state index contributed by atoms with van der Waals surface area (Å²) in [5.74, 6) is -0.692. The molecule has 0 aromatic rings. The second-order valence-corrected chi connectivity index (χ2v) is 6.05. The largest absolute Gasteiger partial charge is 0.448 e. The fraction of sp³-hybridized carbons (Fsp3) is 0.875. The van der Waals surface area contributed by atoms with Crippen LogP contribution in [0.3, 0.4) is 0 Å². The summed E-state index contributed by atoms with van der Waals surface area (Å²) in [6.45, 7) is -0.543. The van der Waals surface area contributed by atoms with E-state index in [-0.39, 0.29) is 6.42 Å².